The average Bonchev–Trinajstić information content (AvgIpc) is 2.36. The van der Waals surface area contributed by atoms with Crippen LogP contribution in [0.2, 0.25) is 0 Å². The molecule has 0 aromatic heterocycles. The van der Waals surface area contributed by atoms with Gasteiger partial charge >= 0.3 is 5.97 Å². The van der Waals surface area contributed by atoms with Crippen molar-refractivity contribution in [3.05, 3.63) is 23.3 Å². The van der Waals surface area contributed by atoms with Crippen LogP contribution in [-0.2, 0) is 16.0 Å². The van der Waals surface area contributed by atoms with E-state index in [1.54, 1.807) is 13.8 Å². The van der Waals surface area contributed by atoms with Crippen molar-refractivity contribution in [3.8, 4) is 11.5 Å². The summed E-state index contributed by atoms with van der Waals surface area (Å²) >= 11 is 0. The van der Waals surface area contributed by atoms with Gasteiger partial charge in [0.15, 0.2) is 5.78 Å². The van der Waals surface area contributed by atoms with Crippen LogP contribution in [0.5, 0.6) is 11.5 Å². The Kier molecular flexibility index (Phi) is 5.03. The van der Waals surface area contributed by atoms with Crippen LogP contribution in [-0.4, -0.2) is 40.8 Å². The van der Waals surface area contributed by atoms with Crippen LogP contribution >= 0.6 is 0 Å². The van der Waals surface area contributed by atoms with Gasteiger partial charge in [-0.3, -0.25) is 9.59 Å². The monoisotopic (exact) mass is 308 g/mol. The van der Waals surface area contributed by atoms with Gasteiger partial charge in [-0.1, -0.05) is 0 Å². The molecule has 1 heterocycles. The molecule has 0 bridgehead atoms. The number of Topliss-reactive ketones (excluding diaryl/α,β-unsaturated/α-hetero) is 1. The molecule has 0 amide bonds. The number of fused-ring (bicyclic) bond motifs is 1. The molecular formula is C16H20O6. The number of aliphatic hydroxyl groups is 1. The Morgan fingerprint density at radius 1 is 1.50 bits per heavy atom. The second kappa shape index (κ2) is 6.79. The molecule has 1 aromatic rings. The predicted molar refractivity (Wildman–Crippen MR) is 78.1 cm³/mol. The lowest BCUT2D eigenvalue weighted by Crippen LogP contribution is -2.30. The van der Waals surface area contributed by atoms with Gasteiger partial charge in [-0.25, -0.2) is 0 Å². The summed E-state index contributed by atoms with van der Waals surface area (Å²) < 4.78 is 10.6. The molecular weight excluding hydrogens is 288 g/mol. The number of benzene rings is 1. The van der Waals surface area contributed by atoms with Gasteiger partial charge < -0.3 is 19.7 Å². The van der Waals surface area contributed by atoms with E-state index in [0.717, 1.165) is 0 Å². The minimum absolute atomic E-state index is 0.0801. The van der Waals surface area contributed by atoms with Crippen molar-refractivity contribution in [1.82, 2.24) is 0 Å². The van der Waals surface area contributed by atoms with Gasteiger partial charge in [-0.05, 0) is 25.5 Å². The van der Waals surface area contributed by atoms with Gasteiger partial charge in [-0.2, -0.15) is 0 Å². The molecule has 6 nitrogen and oxygen atoms in total. The Labute approximate surface area is 128 Å². The van der Waals surface area contributed by atoms with Crippen LogP contribution < -0.4 is 4.74 Å². The molecule has 0 fully saturated rings. The number of carbonyl (C=O) groups is 2. The van der Waals surface area contributed by atoms with Crippen molar-refractivity contribution in [3.63, 3.8) is 0 Å². The fourth-order valence-electron chi connectivity index (χ4n) is 2.62. The molecule has 1 aliphatic rings. The molecule has 2 atom stereocenters. The lowest BCUT2D eigenvalue weighted by molar-refractivity contribution is -0.142. The largest absolute Gasteiger partial charge is 0.508 e. The first-order valence-electron chi connectivity index (χ1n) is 7.30. The highest BCUT2D eigenvalue weighted by Gasteiger charge is 2.30. The molecule has 0 aliphatic carbocycles. The number of phenols is 1. The topological polar surface area (TPSA) is 93.1 Å². The molecule has 2 rings (SSSR count). The Bertz CT molecular complexity index is 578. The van der Waals surface area contributed by atoms with Gasteiger partial charge in [0.05, 0.1) is 24.7 Å². The van der Waals surface area contributed by atoms with Gasteiger partial charge in [0.1, 0.15) is 17.6 Å². The van der Waals surface area contributed by atoms with E-state index in [2.05, 4.69) is 0 Å². The van der Waals surface area contributed by atoms with Crippen LogP contribution in [0.25, 0.3) is 0 Å². The van der Waals surface area contributed by atoms with Crippen LogP contribution in [0.15, 0.2) is 12.1 Å². The molecule has 0 spiro atoms. The number of hydrogen-bond donors (Lipinski definition) is 2. The van der Waals surface area contributed by atoms with Crippen molar-refractivity contribution < 1.29 is 29.3 Å². The molecule has 0 saturated heterocycles. The lowest BCUT2D eigenvalue weighted by atomic mass is 9.92. The highest BCUT2D eigenvalue weighted by molar-refractivity contribution is 6.02. The zero-order valence-electron chi connectivity index (χ0n) is 12.7. The second-order valence-corrected chi connectivity index (χ2v) is 5.41. The van der Waals surface area contributed by atoms with Crippen molar-refractivity contribution in [2.75, 3.05) is 6.61 Å². The minimum Gasteiger partial charge on any atom is -0.508 e. The standard InChI is InChI=1S/C16H20O6/c1-3-21-15(20)6-10-5-11(18)7-14-16(10)13(19)8-12(22-14)4-9(2)17/h5,7,9,12,17-18H,3-4,6,8H2,1-2H3/t9-,12-/m0/s1. The van der Waals surface area contributed by atoms with Crippen LogP contribution in [0.1, 0.15) is 42.6 Å². The predicted octanol–water partition coefficient (Wildman–Crippen LogP) is 1.60. The number of phenolic OH excluding ortho intramolecular Hbond substituents is 1. The van der Waals surface area contributed by atoms with Gasteiger partial charge in [0.2, 0.25) is 0 Å². The van der Waals surface area contributed by atoms with Gasteiger partial charge in [0, 0.05) is 18.9 Å². The Morgan fingerprint density at radius 2 is 2.23 bits per heavy atom. The van der Waals surface area contributed by atoms with Crippen molar-refractivity contribution in [1.29, 1.82) is 0 Å². The Hall–Kier alpha value is -2.08. The lowest BCUT2D eigenvalue weighted by Gasteiger charge is -2.27. The number of aliphatic hydroxyl groups excluding tert-OH is 1. The second-order valence-electron chi connectivity index (χ2n) is 5.41. The van der Waals surface area contributed by atoms with E-state index < -0.39 is 18.2 Å². The number of ether oxygens (including phenoxy) is 2. The highest BCUT2D eigenvalue weighted by atomic mass is 16.5. The third-order valence-corrected chi connectivity index (χ3v) is 3.40. The minimum atomic E-state index is -0.587. The quantitative estimate of drug-likeness (QED) is 0.803. The Balaban J connectivity index is 2.30. The zero-order valence-corrected chi connectivity index (χ0v) is 12.7. The summed E-state index contributed by atoms with van der Waals surface area (Å²) in [7, 11) is 0. The maximum Gasteiger partial charge on any atom is 0.310 e. The summed E-state index contributed by atoms with van der Waals surface area (Å²) in [4.78, 5) is 24.0. The van der Waals surface area contributed by atoms with E-state index in [-0.39, 0.29) is 36.7 Å². The highest BCUT2D eigenvalue weighted by Crippen LogP contribution is 2.35. The molecule has 0 unspecified atom stereocenters. The zero-order chi connectivity index (χ0) is 16.3. The van der Waals surface area contributed by atoms with Crippen molar-refractivity contribution in [2.24, 2.45) is 0 Å². The van der Waals surface area contributed by atoms with Crippen LogP contribution in [0.4, 0.5) is 0 Å². The maximum absolute atomic E-state index is 12.4. The summed E-state index contributed by atoms with van der Waals surface area (Å²) in [5.74, 6) is -0.454. The van der Waals surface area contributed by atoms with E-state index >= 15 is 0 Å². The van der Waals surface area contributed by atoms with Crippen molar-refractivity contribution in [2.45, 2.75) is 45.3 Å². The molecule has 2 N–H and O–H groups in total. The number of carbonyl (C=O) groups excluding carboxylic acids is 2. The van der Waals surface area contributed by atoms with Crippen molar-refractivity contribution >= 4 is 11.8 Å². The third kappa shape index (κ3) is 3.76. The van der Waals surface area contributed by atoms with E-state index in [1.165, 1.54) is 12.1 Å². The Morgan fingerprint density at radius 3 is 2.86 bits per heavy atom. The summed E-state index contributed by atoms with van der Waals surface area (Å²) in [5, 5.41) is 19.2. The van der Waals surface area contributed by atoms with E-state index in [9.17, 15) is 19.8 Å². The first-order valence-corrected chi connectivity index (χ1v) is 7.30. The summed E-state index contributed by atoms with van der Waals surface area (Å²) in [6.45, 7) is 3.57. The molecule has 0 radical (unpaired) electrons. The number of ketones is 1. The van der Waals surface area contributed by atoms with Crippen LogP contribution in [0.3, 0.4) is 0 Å². The van der Waals surface area contributed by atoms with E-state index in [4.69, 9.17) is 9.47 Å². The maximum atomic E-state index is 12.4. The molecule has 120 valence electrons. The third-order valence-electron chi connectivity index (χ3n) is 3.40. The molecule has 1 aromatic carbocycles. The number of aromatic hydroxyl groups is 1. The summed E-state index contributed by atoms with van der Waals surface area (Å²) in [5.41, 5.74) is 0.710. The normalized spacial score (nSPS) is 18.3. The fourth-order valence-corrected chi connectivity index (χ4v) is 2.62. The number of rotatable bonds is 5. The molecule has 22 heavy (non-hydrogen) atoms. The number of hydrogen-bond acceptors (Lipinski definition) is 6. The summed E-state index contributed by atoms with van der Waals surface area (Å²) in [6, 6.07) is 2.74. The van der Waals surface area contributed by atoms with E-state index in [0.29, 0.717) is 17.5 Å². The molecule has 1 aliphatic heterocycles. The fraction of sp³-hybridized carbons (Fsp3) is 0.500. The van der Waals surface area contributed by atoms with Gasteiger partial charge in [0.25, 0.3) is 0 Å². The first-order chi connectivity index (χ1) is 10.4. The SMILES string of the molecule is CCOC(=O)Cc1cc(O)cc2c1C(=O)C[C@H](C[C@H](C)O)O2. The molecule has 6 heteroatoms. The number of esters is 1. The van der Waals surface area contributed by atoms with Crippen LogP contribution in [0, 0.1) is 0 Å². The smallest absolute Gasteiger partial charge is 0.310 e. The average molecular weight is 308 g/mol. The molecule has 0 saturated carbocycles. The van der Waals surface area contributed by atoms with E-state index in [1.807, 2.05) is 0 Å². The van der Waals surface area contributed by atoms with Gasteiger partial charge in [-0.15, -0.1) is 0 Å². The first kappa shape index (κ1) is 16.3. The summed E-state index contributed by atoms with van der Waals surface area (Å²) in [6.07, 6.45) is -0.652.